The molecule has 1 aliphatic heterocycles. The molecule has 1 heterocycles. The van der Waals surface area contributed by atoms with Crippen molar-refractivity contribution in [1.29, 1.82) is 0 Å². The van der Waals surface area contributed by atoms with Crippen LogP contribution in [0.2, 0.25) is 0 Å². The Balaban J connectivity index is 1.83. The van der Waals surface area contributed by atoms with Crippen molar-refractivity contribution in [3.63, 3.8) is 0 Å². The Morgan fingerprint density at radius 1 is 1.16 bits per heavy atom. The number of fused-ring (bicyclic) bond motifs is 1. The number of carbonyl (C=O) groups is 2. The molecule has 0 atom stereocenters. The molecule has 2 aromatic rings. The molecule has 0 fully saturated rings. The molecule has 0 spiro atoms. The fourth-order valence-electron chi connectivity index (χ4n) is 3.40. The molecule has 3 rings (SSSR count). The summed E-state index contributed by atoms with van der Waals surface area (Å²) in [4.78, 5) is 27.1. The summed E-state index contributed by atoms with van der Waals surface area (Å²) in [6.07, 6.45) is -4.60. The first-order valence-corrected chi connectivity index (χ1v) is 10.2. The highest BCUT2D eigenvalue weighted by molar-refractivity contribution is 6.02. The number of benzene rings is 2. The maximum absolute atomic E-state index is 13.2. The number of amides is 3. The summed E-state index contributed by atoms with van der Waals surface area (Å²) in [7, 11) is 0. The van der Waals surface area contributed by atoms with Crippen LogP contribution in [0, 0.1) is 11.3 Å². The molecule has 172 valence electrons. The lowest BCUT2D eigenvalue weighted by atomic mass is 9.92. The van der Waals surface area contributed by atoms with Crippen LogP contribution in [0.25, 0.3) is 0 Å². The number of urea groups is 1. The Kier molecular flexibility index (Phi) is 6.39. The predicted octanol–water partition coefficient (Wildman–Crippen LogP) is 5.76. The van der Waals surface area contributed by atoms with Crippen LogP contribution in [0.1, 0.15) is 33.3 Å². The minimum Gasteiger partial charge on any atom is -0.490 e. The molecule has 3 amide bonds. The maximum atomic E-state index is 13.2. The second-order valence-electron chi connectivity index (χ2n) is 8.79. The number of hydrogen-bond donors (Lipinski definition) is 2. The molecule has 2 N–H and O–H groups in total. The zero-order chi connectivity index (χ0) is 23.7. The van der Waals surface area contributed by atoms with Gasteiger partial charge in [-0.05, 0) is 44.0 Å². The van der Waals surface area contributed by atoms with E-state index < -0.39 is 23.2 Å². The molecule has 6 nitrogen and oxygen atoms in total. The van der Waals surface area contributed by atoms with Crippen LogP contribution in [0.3, 0.4) is 0 Å². The largest absolute Gasteiger partial charge is 0.490 e. The molecule has 9 heteroatoms. The molecule has 0 saturated carbocycles. The first kappa shape index (κ1) is 23.4. The van der Waals surface area contributed by atoms with Crippen molar-refractivity contribution in [3.8, 4) is 5.75 Å². The van der Waals surface area contributed by atoms with Crippen molar-refractivity contribution in [2.75, 3.05) is 28.7 Å². The van der Waals surface area contributed by atoms with Gasteiger partial charge in [-0.15, -0.1) is 0 Å². The summed E-state index contributed by atoms with van der Waals surface area (Å²) in [5.74, 6) is 0.572. The molecule has 1 aliphatic rings. The normalized spacial score (nSPS) is 15.6. The van der Waals surface area contributed by atoms with Crippen molar-refractivity contribution in [2.24, 2.45) is 11.3 Å². The highest BCUT2D eigenvalue weighted by Gasteiger charge is 2.38. The smallest absolute Gasteiger partial charge is 0.418 e. The zero-order valence-corrected chi connectivity index (χ0v) is 18.3. The van der Waals surface area contributed by atoms with Crippen LogP contribution in [0.4, 0.5) is 35.0 Å². The first-order valence-electron chi connectivity index (χ1n) is 10.2. The molecule has 0 aromatic heterocycles. The quantitative estimate of drug-likeness (QED) is 0.624. The molecule has 0 unspecified atom stereocenters. The summed E-state index contributed by atoms with van der Waals surface area (Å²) in [6, 6.07) is 8.71. The Labute approximate surface area is 184 Å². The maximum Gasteiger partial charge on any atom is 0.418 e. The number of anilines is 3. The van der Waals surface area contributed by atoms with Gasteiger partial charge in [0.05, 0.1) is 22.4 Å². The summed E-state index contributed by atoms with van der Waals surface area (Å²) in [6.45, 7) is 8.27. The van der Waals surface area contributed by atoms with E-state index in [1.54, 1.807) is 36.9 Å². The minimum atomic E-state index is -4.60. The van der Waals surface area contributed by atoms with Gasteiger partial charge in [-0.3, -0.25) is 4.79 Å². The number of hydrogen-bond acceptors (Lipinski definition) is 3. The van der Waals surface area contributed by atoms with Gasteiger partial charge in [0.15, 0.2) is 0 Å². The molecule has 0 aliphatic carbocycles. The zero-order valence-electron chi connectivity index (χ0n) is 18.3. The second kappa shape index (κ2) is 8.72. The summed E-state index contributed by atoms with van der Waals surface area (Å²) in [5, 5.41) is 4.76. The monoisotopic (exact) mass is 449 g/mol. The van der Waals surface area contributed by atoms with Crippen molar-refractivity contribution >= 4 is 29.0 Å². The van der Waals surface area contributed by atoms with Gasteiger partial charge < -0.3 is 20.3 Å². The van der Waals surface area contributed by atoms with E-state index >= 15 is 0 Å². The molecular formula is C23H26F3N3O3. The number of ether oxygens (including phenoxy) is 1. The topological polar surface area (TPSA) is 70.7 Å². The van der Waals surface area contributed by atoms with E-state index in [0.717, 1.165) is 6.07 Å². The number of rotatable bonds is 4. The van der Waals surface area contributed by atoms with Crippen molar-refractivity contribution in [3.05, 3.63) is 48.0 Å². The summed E-state index contributed by atoms with van der Waals surface area (Å²) < 4.78 is 45.3. The van der Waals surface area contributed by atoms with Gasteiger partial charge in [0, 0.05) is 18.3 Å². The van der Waals surface area contributed by atoms with E-state index in [0.29, 0.717) is 23.7 Å². The van der Waals surface area contributed by atoms with E-state index in [1.165, 1.54) is 18.2 Å². The predicted molar refractivity (Wildman–Crippen MR) is 117 cm³/mol. The van der Waals surface area contributed by atoms with Gasteiger partial charge in [0.1, 0.15) is 12.4 Å². The summed E-state index contributed by atoms with van der Waals surface area (Å²) >= 11 is 0. The van der Waals surface area contributed by atoms with Gasteiger partial charge >= 0.3 is 12.2 Å². The second-order valence-corrected chi connectivity index (χ2v) is 8.79. The van der Waals surface area contributed by atoms with Crippen LogP contribution >= 0.6 is 0 Å². The third-order valence-corrected chi connectivity index (χ3v) is 4.95. The minimum absolute atomic E-state index is 0.0628. The fourth-order valence-corrected chi connectivity index (χ4v) is 3.40. The van der Waals surface area contributed by atoms with E-state index in [4.69, 9.17) is 4.74 Å². The van der Waals surface area contributed by atoms with E-state index in [-0.39, 0.29) is 24.1 Å². The van der Waals surface area contributed by atoms with Crippen LogP contribution in [0.5, 0.6) is 5.75 Å². The van der Waals surface area contributed by atoms with Crippen LogP contribution < -0.4 is 20.3 Å². The van der Waals surface area contributed by atoms with Gasteiger partial charge in [-0.1, -0.05) is 26.0 Å². The van der Waals surface area contributed by atoms with Crippen molar-refractivity contribution < 1.29 is 27.5 Å². The highest BCUT2D eigenvalue weighted by atomic mass is 19.4. The standard InChI is InChI=1S/C23H26F3N3O3/c1-14(2)12-29-18-10-9-15(11-19(18)32-13-22(3,4)20(29)30)27-21(31)28-17-8-6-5-7-16(17)23(24,25)26/h5-11,14H,12-13H2,1-4H3,(H2,27,28,31). The third-order valence-electron chi connectivity index (χ3n) is 4.95. The average Bonchev–Trinajstić information content (AvgIpc) is 2.77. The van der Waals surface area contributed by atoms with Crippen molar-refractivity contribution in [2.45, 2.75) is 33.9 Å². The Morgan fingerprint density at radius 3 is 2.50 bits per heavy atom. The molecule has 0 radical (unpaired) electrons. The van der Waals surface area contributed by atoms with Crippen LogP contribution in [-0.2, 0) is 11.0 Å². The Hall–Kier alpha value is -3.23. The van der Waals surface area contributed by atoms with E-state index in [1.807, 2.05) is 13.8 Å². The molecule has 32 heavy (non-hydrogen) atoms. The number of alkyl halides is 3. The lowest BCUT2D eigenvalue weighted by Gasteiger charge is -2.29. The lowest BCUT2D eigenvalue weighted by molar-refractivity contribution is -0.137. The van der Waals surface area contributed by atoms with E-state index in [9.17, 15) is 22.8 Å². The number of halogens is 3. The summed E-state index contributed by atoms with van der Waals surface area (Å²) in [5.41, 5.74) is -1.12. The lowest BCUT2D eigenvalue weighted by Crippen LogP contribution is -2.43. The average molecular weight is 449 g/mol. The van der Waals surface area contributed by atoms with Crippen LogP contribution in [-0.4, -0.2) is 25.1 Å². The number of para-hydroxylation sites is 1. The van der Waals surface area contributed by atoms with Crippen molar-refractivity contribution in [1.82, 2.24) is 0 Å². The highest BCUT2D eigenvalue weighted by Crippen LogP contribution is 2.39. The van der Waals surface area contributed by atoms with Gasteiger partial charge in [-0.25, -0.2) is 4.79 Å². The third kappa shape index (κ3) is 5.15. The number of carbonyl (C=O) groups excluding carboxylic acids is 2. The molecule has 0 saturated heterocycles. The Bertz CT molecular complexity index is 1020. The number of nitrogens with zero attached hydrogens (tertiary/aromatic N) is 1. The SMILES string of the molecule is CC(C)CN1C(=O)C(C)(C)COc2cc(NC(=O)Nc3ccccc3C(F)(F)F)ccc21. The number of nitrogens with one attached hydrogen (secondary N) is 2. The molecule has 2 aromatic carbocycles. The fraction of sp³-hybridized carbons (Fsp3) is 0.391. The van der Waals surface area contributed by atoms with Crippen LogP contribution in [0.15, 0.2) is 42.5 Å². The Morgan fingerprint density at radius 2 is 1.84 bits per heavy atom. The van der Waals surface area contributed by atoms with Gasteiger partial charge in [0.25, 0.3) is 0 Å². The first-order chi connectivity index (χ1) is 14.9. The molecule has 0 bridgehead atoms. The molecular weight excluding hydrogens is 423 g/mol. The van der Waals surface area contributed by atoms with Gasteiger partial charge in [0.2, 0.25) is 5.91 Å². The van der Waals surface area contributed by atoms with Gasteiger partial charge in [-0.2, -0.15) is 13.2 Å². The van der Waals surface area contributed by atoms with E-state index in [2.05, 4.69) is 10.6 Å².